The fourth-order valence-electron chi connectivity index (χ4n) is 2.85. The number of nitrogens with zero attached hydrogens (tertiary/aromatic N) is 2. The lowest BCUT2D eigenvalue weighted by atomic mass is 10.1. The maximum atomic E-state index is 12.3. The van der Waals surface area contributed by atoms with E-state index in [1.165, 1.54) is 6.07 Å². The molecule has 1 aromatic heterocycles. The number of pyridine rings is 1. The third-order valence-corrected chi connectivity index (χ3v) is 4.38. The zero-order valence-corrected chi connectivity index (χ0v) is 17.1. The van der Waals surface area contributed by atoms with Crippen LogP contribution in [-0.4, -0.2) is 22.4 Å². The van der Waals surface area contributed by atoms with Gasteiger partial charge in [0.2, 0.25) is 11.8 Å². The number of amides is 1. The average Bonchev–Trinajstić information content (AvgIpc) is 2.78. The molecule has 8 heteroatoms. The maximum Gasteiger partial charge on any atom is 0.273 e. The highest BCUT2D eigenvalue weighted by atomic mass is 16.6. The second kappa shape index (κ2) is 10.7. The molecule has 31 heavy (non-hydrogen) atoms. The van der Waals surface area contributed by atoms with Crippen molar-refractivity contribution < 1.29 is 19.2 Å². The summed E-state index contributed by atoms with van der Waals surface area (Å²) in [4.78, 5) is 27.2. The Kier molecular flexibility index (Phi) is 7.53. The van der Waals surface area contributed by atoms with Gasteiger partial charge in [-0.05, 0) is 36.8 Å². The lowest BCUT2D eigenvalue weighted by Crippen LogP contribution is -2.25. The number of benzene rings is 2. The van der Waals surface area contributed by atoms with E-state index >= 15 is 0 Å². The first kappa shape index (κ1) is 21.8. The first-order valence-electron chi connectivity index (χ1n) is 9.90. The van der Waals surface area contributed by atoms with Crippen LogP contribution in [0.2, 0.25) is 0 Å². The zero-order valence-electron chi connectivity index (χ0n) is 17.1. The van der Waals surface area contributed by atoms with Gasteiger partial charge < -0.3 is 14.8 Å². The Bertz CT molecular complexity index is 1040. The molecule has 2 aromatic carbocycles. The van der Waals surface area contributed by atoms with Crippen molar-refractivity contribution in [2.24, 2.45) is 0 Å². The Balaban J connectivity index is 1.62. The summed E-state index contributed by atoms with van der Waals surface area (Å²) >= 11 is 0. The standard InChI is InChI=1S/C23H23N3O5/c1-2-14-30-19-9-11-20(12-10-19)31-23-18(7-5-13-24-23)16-25-22(27)15-17-6-3-4-8-21(17)26(28)29/h3-13H,2,14-16H2,1H3,(H,25,27). The van der Waals surface area contributed by atoms with Crippen molar-refractivity contribution in [1.29, 1.82) is 0 Å². The SMILES string of the molecule is CCCOc1ccc(Oc2ncccc2CNC(=O)Cc2ccccc2[N+](=O)[O-])cc1. The minimum atomic E-state index is -0.492. The third-order valence-electron chi connectivity index (χ3n) is 4.38. The molecule has 0 fully saturated rings. The molecular weight excluding hydrogens is 398 g/mol. The number of rotatable bonds is 10. The molecule has 0 atom stereocenters. The van der Waals surface area contributed by atoms with Gasteiger partial charge in [-0.1, -0.05) is 31.2 Å². The predicted octanol–water partition coefficient (Wildman–Crippen LogP) is 4.43. The lowest BCUT2D eigenvalue weighted by molar-refractivity contribution is -0.385. The van der Waals surface area contributed by atoms with Gasteiger partial charge in [-0.3, -0.25) is 14.9 Å². The van der Waals surface area contributed by atoms with E-state index in [1.807, 2.05) is 19.1 Å². The number of para-hydroxylation sites is 1. The Morgan fingerprint density at radius 3 is 2.48 bits per heavy atom. The molecule has 0 spiro atoms. The molecule has 0 unspecified atom stereocenters. The van der Waals surface area contributed by atoms with Gasteiger partial charge in [-0.25, -0.2) is 4.98 Å². The summed E-state index contributed by atoms with van der Waals surface area (Å²) in [7, 11) is 0. The van der Waals surface area contributed by atoms with Gasteiger partial charge in [0, 0.05) is 29.9 Å². The van der Waals surface area contributed by atoms with E-state index in [-0.39, 0.29) is 24.6 Å². The summed E-state index contributed by atoms with van der Waals surface area (Å²) in [5.74, 6) is 1.39. The molecular formula is C23H23N3O5. The molecule has 3 rings (SSSR count). The molecule has 1 heterocycles. The molecule has 0 bridgehead atoms. The topological polar surface area (TPSA) is 104 Å². The largest absolute Gasteiger partial charge is 0.494 e. The van der Waals surface area contributed by atoms with Crippen LogP contribution in [0.15, 0.2) is 66.9 Å². The van der Waals surface area contributed by atoms with Crippen molar-refractivity contribution in [3.8, 4) is 17.4 Å². The van der Waals surface area contributed by atoms with E-state index < -0.39 is 4.92 Å². The van der Waals surface area contributed by atoms with Gasteiger partial charge in [0.25, 0.3) is 5.69 Å². The van der Waals surface area contributed by atoms with Crippen molar-refractivity contribution in [2.75, 3.05) is 6.61 Å². The third kappa shape index (κ3) is 6.27. The molecule has 0 aliphatic carbocycles. The van der Waals surface area contributed by atoms with Crippen LogP contribution < -0.4 is 14.8 Å². The number of nitro benzene ring substituents is 1. The van der Waals surface area contributed by atoms with Crippen molar-refractivity contribution in [1.82, 2.24) is 10.3 Å². The maximum absolute atomic E-state index is 12.3. The van der Waals surface area contributed by atoms with Gasteiger partial charge in [0.15, 0.2) is 0 Å². The molecule has 3 aromatic rings. The molecule has 1 N–H and O–H groups in total. The molecule has 0 aliphatic rings. The second-order valence-corrected chi connectivity index (χ2v) is 6.73. The number of hydrogen-bond acceptors (Lipinski definition) is 6. The number of nitro groups is 1. The predicted molar refractivity (Wildman–Crippen MR) is 115 cm³/mol. The van der Waals surface area contributed by atoms with Gasteiger partial charge in [-0.15, -0.1) is 0 Å². The zero-order chi connectivity index (χ0) is 22.1. The van der Waals surface area contributed by atoms with E-state index in [9.17, 15) is 14.9 Å². The summed E-state index contributed by atoms with van der Waals surface area (Å²) in [6.07, 6.45) is 2.44. The molecule has 0 aliphatic heterocycles. The van der Waals surface area contributed by atoms with Crippen LogP contribution in [0.25, 0.3) is 0 Å². The van der Waals surface area contributed by atoms with Crippen LogP contribution in [0.3, 0.4) is 0 Å². The van der Waals surface area contributed by atoms with Crippen LogP contribution >= 0.6 is 0 Å². The first-order valence-corrected chi connectivity index (χ1v) is 9.90. The van der Waals surface area contributed by atoms with Gasteiger partial charge in [0.1, 0.15) is 11.5 Å². The number of aromatic nitrogens is 1. The highest BCUT2D eigenvalue weighted by Gasteiger charge is 2.16. The highest BCUT2D eigenvalue weighted by molar-refractivity contribution is 5.79. The van der Waals surface area contributed by atoms with Gasteiger partial charge >= 0.3 is 0 Å². The summed E-state index contributed by atoms with van der Waals surface area (Å²) in [6, 6.07) is 17.0. The number of ether oxygens (including phenoxy) is 2. The monoisotopic (exact) mass is 421 g/mol. The van der Waals surface area contributed by atoms with E-state index in [0.717, 1.165) is 12.2 Å². The molecule has 8 nitrogen and oxygen atoms in total. The van der Waals surface area contributed by atoms with E-state index in [4.69, 9.17) is 9.47 Å². The Morgan fingerprint density at radius 2 is 1.74 bits per heavy atom. The highest BCUT2D eigenvalue weighted by Crippen LogP contribution is 2.25. The summed E-state index contributed by atoms with van der Waals surface area (Å²) in [5.41, 5.74) is 0.970. The Labute approximate surface area is 180 Å². The number of hydrogen-bond donors (Lipinski definition) is 1. The van der Waals surface area contributed by atoms with Crippen LogP contribution in [0.5, 0.6) is 17.4 Å². The number of nitrogens with one attached hydrogen (secondary N) is 1. The van der Waals surface area contributed by atoms with Crippen LogP contribution in [0, 0.1) is 10.1 Å². The minimum Gasteiger partial charge on any atom is -0.494 e. The average molecular weight is 421 g/mol. The first-order chi connectivity index (χ1) is 15.1. The van der Waals surface area contributed by atoms with Crippen molar-refractivity contribution in [2.45, 2.75) is 26.3 Å². The lowest BCUT2D eigenvalue weighted by Gasteiger charge is -2.11. The summed E-state index contributed by atoms with van der Waals surface area (Å²) in [5, 5.41) is 13.9. The van der Waals surface area contributed by atoms with E-state index in [1.54, 1.807) is 48.7 Å². The number of carbonyl (C=O) groups is 1. The molecule has 0 radical (unpaired) electrons. The minimum absolute atomic E-state index is 0.0746. The summed E-state index contributed by atoms with van der Waals surface area (Å²) < 4.78 is 11.4. The van der Waals surface area contributed by atoms with Crippen LogP contribution in [0.4, 0.5) is 5.69 Å². The van der Waals surface area contributed by atoms with Crippen molar-refractivity contribution in [3.05, 3.63) is 88.1 Å². The number of carbonyl (C=O) groups excluding carboxylic acids is 1. The fourth-order valence-corrected chi connectivity index (χ4v) is 2.85. The molecule has 0 saturated heterocycles. The van der Waals surface area contributed by atoms with Crippen LogP contribution in [0.1, 0.15) is 24.5 Å². The Hall–Kier alpha value is -3.94. The smallest absolute Gasteiger partial charge is 0.273 e. The molecule has 0 saturated carbocycles. The summed E-state index contributed by atoms with van der Waals surface area (Å²) in [6.45, 7) is 2.87. The van der Waals surface area contributed by atoms with Crippen molar-refractivity contribution >= 4 is 11.6 Å². The molecule has 1 amide bonds. The normalized spacial score (nSPS) is 10.4. The van der Waals surface area contributed by atoms with Gasteiger partial charge in [-0.2, -0.15) is 0 Å². The van der Waals surface area contributed by atoms with Crippen LogP contribution in [-0.2, 0) is 17.8 Å². The quantitative estimate of drug-likeness (QED) is 0.384. The van der Waals surface area contributed by atoms with Gasteiger partial charge in [0.05, 0.1) is 18.0 Å². The molecule has 160 valence electrons. The second-order valence-electron chi connectivity index (χ2n) is 6.73. The van der Waals surface area contributed by atoms with E-state index in [2.05, 4.69) is 10.3 Å². The van der Waals surface area contributed by atoms with Crippen molar-refractivity contribution in [3.63, 3.8) is 0 Å². The van der Waals surface area contributed by atoms with E-state index in [0.29, 0.717) is 29.4 Å². The Morgan fingerprint density at radius 1 is 1.03 bits per heavy atom. The fraction of sp³-hybridized carbons (Fsp3) is 0.217.